The zero-order chi connectivity index (χ0) is 16.2. The van der Waals surface area contributed by atoms with Gasteiger partial charge < -0.3 is 5.32 Å². The number of hydrogen-bond donors (Lipinski definition) is 1. The van der Waals surface area contributed by atoms with E-state index in [2.05, 4.69) is 20.6 Å². The van der Waals surface area contributed by atoms with Crippen LogP contribution in [-0.2, 0) is 9.84 Å². The number of aromatic nitrogens is 4. The highest BCUT2D eigenvalue weighted by Crippen LogP contribution is 2.07. The lowest BCUT2D eigenvalue weighted by Crippen LogP contribution is -2.31. The van der Waals surface area contributed by atoms with Gasteiger partial charge in [-0.2, -0.15) is 0 Å². The van der Waals surface area contributed by atoms with Crippen LogP contribution in [0.4, 0.5) is 0 Å². The molecule has 2 aromatic rings. The van der Waals surface area contributed by atoms with Crippen molar-refractivity contribution in [1.82, 2.24) is 25.3 Å². The molecular formula is C13H17N5O3S. The molecule has 0 saturated heterocycles. The van der Waals surface area contributed by atoms with Crippen LogP contribution >= 0.6 is 0 Å². The summed E-state index contributed by atoms with van der Waals surface area (Å²) in [5, 5.41) is 9.62. The smallest absolute Gasteiger partial charge is 0.252 e. The third-order valence-corrected chi connectivity index (χ3v) is 5.27. The molecule has 0 atom stereocenters. The Labute approximate surface area is 128 Å². The number of carbonyl (C=O) groups excluding carboxylic acids is 1. The van der Waals surface area contributed by atoms with Crippen LogP contribution in [-0.4, -0.2) is 51.9 Å². The Balaban J connectivity index is 2.00. The summed E-state index contributed by atoms with van der Waals surface area (Å²) in [6.45, 7) is 3.29. The van der Waals surface area contributed by atoms with Crippen molar-refractivity contribution in [1.29, 1.82) is 0 Å². The van der Waals surface area contributed by atoms with E-state index >= 15 is 0 Å². The van der Waals surface area contributed by atoms with Gasteiger partial charge in [0.2, 0.25) is 0 Å². The van der Waals surface area contributed by atoms with Gasteiger partial charge in [0.05, 0.1) is 40.8 Å². The van der Waals surface area contributed by atoms with E-state index in [1.54, 1.807) is 32.3 Å². The minimum Gasteiger partial charge on any atom is -0.351 e. The molecule has 8 nitrogen and oxygen atoms in total. The summed E-state index contributed by atoms with van der Waals surface area (Å²) >= 11 is 0. The van der Waals surface area contributed by atoms with Crippen LogP contribution < -0.4 is 5.32 Å². The van der Waals surface area contributed by atoms with Gasteiger partial charge in [0, 0.05) is 12.7 Å². The van der Waals surface area contributed by atoms with Gasteiger partial charge in [0.1, 0.15) is 0 Å². The number of rotatable bonds is 6. The second kappa shape index (κ2) is 6.65. The minimum atomic E-state index is -3.17. The Kier molecular flexibility index (Phi) is 4.86. The Morgan fingerprint density at radius 3 is 2.77 bits per heavy atom. The Hall–Kier alpha value is -2.29. The highest BCUT2D eigenvalue weighted by atomic mass is 32.2. The van der Waals surface area contributed by atoms with Gasteiger partial charge in [-0.15, -0.1) is 5.10 Å². The normalized spacial score (nSPS) is 11.6. The molecule has 2 aromatic heterocycles. The molecule has 0 radical (unpaired) electrons. The number of nitrogens with zero attached hydrogens (tertiary/aromatic N) is 4. The molecule has 0 aromatic carbocycles. The predicted octanol–water partition coefficient (Wildman–Crippen LogP) is 0.215. The van der Waals surface area contributed by atoms with E-state index < -0.39 is 15.1 Å². The summed E-state index contributed by atoms with van der Waals surface area (Å²) in [7, 11) is -3.17. The highest BCUT2D eigenvalue weighted by Gasteiger charge is 2.16. The molecule has 1 N–H and O–H groups in total. The van der Waals surface area contributed by atoms with Gasteiger partial charge in [-0.1, -0.05) is 5.21 Å². The molecule has 2 heterocycles. The molecular weight excluding hydrogens is 306 g/mol. The second-order valence-electron chi connectivity index (χ2n) is 4.95. The number of pyridine rings is 1. The van der Waals surface area contributed by atoms with Crippen molar-refractivity contribution < 1.29 is 13.2 Å². The topological polar surface area (TPSA) is 107 Å². The molecule has 0 aliphatic heterocycles. The molecule has 9 heteroatoms. The zero-order valence-corrected chi connectivity index (χ0v) is 13.1. The molecule has 1 amide bonds. The first kappa shape index (κ1) is 16.1. The fourth-order valence-electron chi connectivity index (χ4n) is 1.67. The molecule has 0 saturated carbocycles. The van der Waals surface area contributed by atoms with Crippen molar-refractivity contribution in [3.8, 4) is 5.69 Å². The molecule has 22 heavy (non-hydrogen) atoms. The lowest BCUT2D eigenvalue weighted by Gasteiger charge is -2.09. The fraction of sp³-hybridized carbons (Fsp3) is 0.385. The summed E-state index contributed by atoms with van der Waals surface area (Å²) in [5.74, 6) is -0.472. The van der Waals surface area contributed by atoms with Gasteiger partial charge in [-0.05, 0) is 19.9 Å². The number of sulfone groups is 1. The fourth-order valence-corrected chi connectivity index (χ4v) is 2.53. The Morgan fingerprint density at radius 2 is 2.14 bits per heavy atom. The number of nitrogens with one attached hydrogen (secondary N) is 1. The van der Waals surface area contributed by atoms with Crippen LogP contribution in [0.2, 0.25) is 0 Å². The van der Waals surface area contributed by atoms with Crippen molar-refractivity contribution in [3.63, 3.8) is 0 Å². The quantitative estimate of drug-likeness (QED) is 0.814. The summed E-state index contributed by atoms with van der Waals surface area (Å²) in [6, 6.07) is 1.61. The van der Waals surface area contributed by atoms with E-state index in [9.17, 15) is 13.2 Å². The van der Waals surface area contributed by atoms with Crippen molar-refractivity contribution in [2.75, 3.05) is 12.3 Å². The van der Waals surface area contributed by atoms with Crippen LogP contribution in [0.5, 0.6) is 0 Å². The summed E-state index contributed by atoms with van der Waals surface area (Å²) in [4.78, 5) is 16.0. The average molecular weight is 323 g/mol. The van der Waals surface area contributed by atoms with E-state index in [4.69, 9.17) is 0 Å². The predicted molar refractivity (Wildman–Crippen MR) is 80.4 cm³/mol. The van der Waals surface area contributed by atoms with E-state index in [1.807, 2.05) is 0 Å². The molecule has 0 unspecified atom stereocenters. The number of carbonyl (C=O) groups is 1. The van der Waals surface area contributed by atoms with Gasteiger partial charge in [-0.25, -0.2) is 13.1 Å². The maximum absolute atomic E-state index is 12.0. The largest absolute Gasteiger partial charge is 0.351 e. The highest BCUT2D eigenvalue weighted by molar-refractivity contribution is 7.92. The standard InChI is InChI=1S/C13H17N5O3S/c1-10(2)22(20,21)6-4-15-13(19)11-7-12(9-14-8-11)18-5-3-16-17-18/h3,5,7-10H,4,6H2,1-2H3,(H,15,19). The monoisotopic (exact) mass is 323 g/mol. The van der Waals surface area contributed by atoms with Crippen molar-refractivity contribution in [3.05, 3.63) is 36.4 Å². The van der Waals surface area contributed by atoms with Crippen LogP contribution in [0.15, 0.2) is 30.9 Å². The first-order valence-electron chi connectivity index (χ1n) is 6.71. The van der Waals surface area contributed by atoms with E-state index in [0.717, 1.165) is 0 Å². The SMILES string of the molecule is CC(C)S(=O)(=O)CCNC(=O)c1cncc(-n2ccnn2)c1. The average Bonchev–Trinajstić information content (AvgIpc) is 3.01. The van der Waals surface area contributed by atoms with Crippen LogP contribution in [0, 0.1) is 0 Å². The van der Waals surface area contributed by atoms with Crippen molar-refractivity contribution >= 4 is 15.7 Å². The molecule has 2 rings (SSSR count). The summed E-state index contributed by atoms with van der Waals surface area (Å²) in [5.41, 5.74) is 0.926. The molecule has 0 fully saturated rings. The molecule has 0 bridgehead atoms. The number of amides is 1. The summed E-state index contributed by atoms with van der Waals surface area (Å²) < 4.78 is 24.8. The third kappa shape index (κ3) is 3.88. The second-order valence-corrected chi connectivity index (χ2v) is 7.63. The minimum absolute atomic E-state index is 0.0624. The third-order valence-electron chi connectivity index (χ3n) is 3.06. The maximum atomic E-state index is 12.0. The zero-order valence-electron chi connectivity index (χ0n) is 12.3. The Bertz CT molecular complexity index is 741. The van der Waals surface area contributed by atoms with E-state index in [-0.39, 0.29) is 18.2 Å². The van der Waals surface area contributed by atoms with E-state index in [0.29, 0.717) is 11.3 Å². The summed E-state index contributed by atoms with van der Waals surface area (Å²) in [6.07, 6.45) is 6.11. The molecule has 0 spiro atoms. The van der Waals surface area contributed by atoms with Gasteiger partial charge in [0.15, 0.2) is 9.84 Å². The lowest BCUT2D eigenvalue weighted by atomic mass is 10.2. The molecule has 0 aliphatic rings. The van der Waals surface area contributed by atoms with Crippen LogP contribution in [0.1, 0.15) is 24.2 Å². The van der Waals surface area contributed by atoms with Gasteiger partial charge >= 0.3 is 0 Å². The van der Waals surface area contributed by atoms with Gasteiger partial charge in [0.25, 0.3) is 5.91 Å². The maximum Gasteiger partial charge on any atom is 0.252 e. The molecule has 0 aliphatic carbocycles. The van der Waals surface area contributed by atoms with Crippen LogP contribution in [0.25, 0.3) is 5.69 Å². The Morgan fingerprint density at radius 1 is 1.36 bits per heavy atom. The lowest BCUT2D eigenvalue weighted by molar-refractivity contribution is 0.0955. The van der Waals surface area contributed by atoms with Crippen LogP contribution in [0.3, 0.4) is 0 Å². The van der Waals surface area contributed by atoms with Crippen molar-refractivity contribution in [2.45, 2.75) is 19.1 Å². The number of hydrogen-bond acceptors (Lipinski definition) is 6. The van der Waals surface area contributed by atoms with E-state index in [1.165, 1.54) is 17.1 Å². The first-order chi connectivity index (χ1) is 10.4. The van der Waals surface area contributed by atoms with Gasteiger partial charge in [-0.3, -0.25) is 9.78 Å². The van der Waals surface area contributed by atoms with Crippen molar-refractivity contribution in [2.24, 2.45) is 0 Å². The first-order valence-corrected chi connectivity index (χ1v) is 8.43. The molecule has 118 valence electrons.